The van der Waals surface area contributed by atoms with Crippen LogP contribution < -0.4 is 0 Å². The Morgan fingerprint density at radius 1 is 1.21 bits per heavy atom. The van der Waals surface area contributed by atoms with Crippen molar-refractivity contribution in [3.05, 3.63) is 64.5 Å². The summed E-state index contributed by atoms with van der Waals surface area (Å²) < 4.78 is 36.7. The van der Waals surface area contributed by atoms with Gasteiger partial charge in [0.1, 0.15) is 4.90 Å². The highest BCUT2D eigenvalue weighted by Crippen LogP contribution is 2.27. The van der Waals surface area contributed by atoms with Gasteiger partial charge >= 0.3 is 5.97 Å². The first-order valence-corrected chi connectivity index (χ1v) is 10.3. The van der Waals surface area contributed by atoms with Crippen LogP contribution in [0.25, 0.3) is 11.4 Å². The molecule has 0 atom stereocenters. The molecule has 0 bridgehead atoms. The van der Waals surface area contributed by atoms with Crippen molar-refractivity contribution in [3.63, 3.8) is 0 Å². The highest BCUT2D eigenvalue weighted by molar-refractivity contribution is 7.89. The molecule has 0 saturated heterocycles. The number of hydrogen-bond acceptors (Lipinski definition) is 7. The molecule has 0 amide bonds. The fourth-order valence-electron chi connectivity index (χ4n) is 2.53. The topological polar surface area (TPSA) is 103 Å². The fourth-order valence-corrected chi connectivity index (χ4v) is 4.14. The average Bonchev–Trinajstić information content (AvgIpc) is 3.16. The summed E-state index contributed by atoms with van der Waals surface area (Å²) in [6.07, 6.45) is 0. The van der Waals surface area contributed by atoms with Crippen molar-refractivity contribution in [2.75, 3.05) is 14.2 Å². The van der Waals surface area contributed by atoms with E-state index in [1.54, 1.807) is 0 Å². The van der Waals surface area contributed by atoms with Crippen molar-refractivity contribution in [2.45, 2.75) is 18.4 Å². The van der Waals surface area contributed by atoms with Crippen LogP contribution in [0, 0.1) is 6.92 Å². The summed E-state index contributed by atoms with van der Waals surface area (Å²) >= 11 is 6.06. The summed E-state index contributed by atoms with van der Waals surface area (Å²) in [5, 5.41) is 3.88. The molecule has 0 spiro atoms. The summed E-state index contributed by atoms with van der Waals surface area (Å²) in [5.74, 6) is -0.191. The summed E-state index contributed by atoms with van der Waals surface area (Å²) in [6, 6.07) is 11.4. The molecule has 29 heavy (non-hydrogen) atoms. The maximum atomic E-state index is 12.9. The number of ether oxygens (including phenoxy) is 1. The average molecular weight is 436 g/mol. The van der Waals surface area contributed by atoms with Crippen molar-refractivity contribution in [3.8, 4) is 11.4 Å². The van der Waals surface area contributed by atoms with Gasteiger partial charge in [-0.2, -0.15) is 9.29 Å². The largest absolute Gasteiger partial charge is 0.465 e. The predicted molar refractivity (Wildman–Crippen MR) is 106 cm³/mol. The van der Waals surface area contributed by atoms with Gasteiger partial charge in [0, 0.05) is 12.6 Å². The van der Waals surface area contributed by atoms with E-state index >= 15 is 0 Å². The monoisotopic (exact) mass is 435 g/mol. The number of esters is 1. The Bertz CT molecular complexity index is 1140. The van der Waals surface area contributed by atoms with Crippen molar-refractivity contribution in [1.82, 2.24) is 14.4 Å². The predicted octanol–water partition coefficient (Wildman–Crippen LogP) is 3.31. The van der Waals surface area contributed by atoms with E-state index in [4.69, 9.17) is 16.1 Å². The van der Waals surface area contributed by atoms with Crippen LogP contribution in [-0.2, 0) is 21.3 Å². The van der Waals surface area contributed by atoms with Gasteiger partial charge in [0.15, 0.2) is 0 Å². The summed E-state index contributed by atoms with van der Waals surface area (Å²) in [7, 11) is -1.47. The maximum absolute atomic E-state index is 12.9. The van der Waals surface area contributed by atoms with Crippen LogP contribution in [0.5, 0.6) is 0 Å². The Kier molecular flexibility index (Phi) is 6.02. The first kappa shape index (κ1) is 21.0. The molecule has 0 saturated carbocycles. The van der Waals surface area contributed by atoms with E-state index in [0.29, 0.717) is 5.82 Å². The van der Waals surface area contributed by atoms with Crippen molar-refractivity contribution in [1.29, 1.82) is 0 Å². The standard InChI is InChI=1S/C19H18ClN3O5S/c1-12-4-6-13(7-5-12)18-21-17(28-22-18)11-23(2)29(25,26)16-10-14(19(24)27-3)8-9-15(16)20/h4-10H,11H2,1-3H3. The number of hydrogen-bond donors (Lipinski definition) is 0. The zero-order valence-electron chi connectivity index (χ0n) is 15.9. The molecule has 3 aromatic rings. The van der Waals surface area contributed by atoms with Crippen molar-refractivity contribution < 1.29 is 22.5 Å². The molecule has 0 aliphatic heterocycles. The van der Waals surface area contributed by atoms with E-state index in [1.807, 2.05) is 31.2 Å². The fraction of sp³-hybridized carbons (Fsp3) is 0.211. The van der Waals surface area contributed by atoms with Gasteiger partial charge in [-0.3, -0.25) is 0 Å². The summed E-state index contributed by atoms with van der Waals surface area (Å²) in [5.41, 5.74) is 1.92. The first-order chi connectivity index (χ1) is 13.7. The third-order valence-electron chi connectivity index (χ3n) is 4.18. The van der Waals surface area contributed by atoms with E-state index in [2.05, 4.69) is 14.9 Å². The smallest absolute Gasteiger partial charge is 0.337 e. The second-order valence-corrected chi connectivity index (χ2v) is 8.70. The van der Waals surface area contributed by atoms with Gasteiger partial charge in [0.2, 0.25) is 21.7 Å². The molecule has 10 heteroatoms. The van der Waals surface area contributed by atoms with Gasteiger partial charge in [0.25, 0.3) is 0 Å². The number of halogens is 1. The Balaban J connectivity index is 1.84. The highest BCUT2D eigenvalue weighted by atomic mass is 35.5. The molecule has 0 aliphatic carbocycles. The van der Waals surface area contributed by atoms with Gasteiger partial charge in [-0.15, -0.1) is 0 Å². The van der Waals surface area contributed by atoms with Crippen LogP contribution in [0.1, 0.15) is 21.8 Å². The number of carbonyl (C=O) groups is 1. The molecule has 1 heterocycles. The van der Waals surface area contributed by atoms with Crippen LogP contribution in [0.3, 0.4) is 0 Å². The molecular formula is C19H18ClN3O5S. The quantitative estimate of drug-likeness (QED) is 0.547. The zero-order valence-corrected chi connectivity index (χ0v) is 17.5. The lowest BCUT2D eigenvalue weighted by Gasteiger charge is -2.16. The number of carbonyl (C=O) groups excluding carboxylic acids is 1. The molecule has 3 rings (SSSR count). The van der Waals surface area contributed by atoms with Crippen LogP contribution >= 0.6 is 11.6 Å². The minimum Gasteiger partial charge on any atom is -0.465 e. The third-order valence-corrected chi connectivity index (χ3v) is 6.46. The van der Waals surface area contributed by atoms with Crippen LogP contribution in [0.4, 0.5) is 0 Å². The Morgan fingerprint density at radius 3 is 2.55 bits per heavy atom. The van der Waals surface area contributed by atoms with Gasteiger partial charge in [0.05, 0.1) is 24.2 Å². The molecule has 8 nitrogen and oxygen atoms in total. The lowest BCUT2D eigenvalue weighted by molar-refractivity contribution is 0.0600. The first-order valence-electron chi connectivity index (χ1n) is 8.46. The number of benzene rings is 2. The van der Waals surface area contributed by atoms with Crippen molar-refractivity contribution >= 4 is 27.6 Å². The van der Waals surface area contributed by atoms with Gasteiger partial charge < -0.3 is 9.26 Å². The normalized spacial score (nSPS) is 11.6. The van der Waals surface area contributed by atoms with Gasteiger partial charge in [-0.05, 0) is 25.1 Å². The molecule has 0 radical (unpaired) electrons. The molecule has 0 fully saturated rings. The summed E-state index contributed by atoms with van der Waals surface area (Å²) in [6.45, 7) is 1.80. The van der Waals surface area contributed by atoms with E-state index in [0.717, 1.165) is 15.4 Å². The summed E-state index contributed by atoms with van der Waals surface area (Å²) in [4.78, 5) is 15.7. The van der Waals surface area contributed by atoms with E-state index in [1.165, 1.54) is 32.4 Å². The van der Waals surface area contributed by atoms with Crippen molar-refractivity contribution in [2.24, 2.45) is 0 Å². The van der Waals surface area contributed by atoms with Crippen LogP contribution in [-0.4, -0.2) is 43.0 Å². The molecule has 0 unspecified atom stereocenters. The molecular weight excluding hydrogens is 418 g/mol. The number of rotatable bonds is 6. The maximum Gasteiger partial charge on any atom is 0.337 e. The van der Waals surface area contributed by atoms with Crippen LogP contribution in [0.2, 0.25) is 5.02 Å². The highest BCUT2D eigenvalue weighted by Gasteiger charge is 2.27. The number of methoxy groups -OCH3 is 1. The number of aromatic nitrogens is 2. The number of aryl methyl sites for hydroxylation is 1. The number of nitrogens with zero attached hydrogens (tertiary/aromatic N) is 3. The molecule has 0 aliphatic rings. The minimum atomic E-state index is -4.03. The van der Waals surface area contributed by atoms with E-state index in [9.17, 15) is 13.2 Å². The third kappa shape index (κ3) is 4.47. The van der Waals surface area contributed by atoms with E-state index < -0.39 is 16.0 Å². The second kappa shape index (κ2) is 8.32. The molecule has 152 valence electrons. The molecule has 1 aromatic heterocycles. The Hall–Kier alpha value is -2.75. The van der Waals surface area contributed by atoms with Crippen LogP contribution in [0.15, 0.2) is 51.9 Å². The minimum absolute atomic E-state index is 0.0182. The molecule has 2 aromatic carbocycles. The van der Waals surface area contributed by atoms with Gasteiger partial charge in [-0.1, -0.05) is 46.6 Å². The van der Waals surface area contributed by atoms with E-state index in [-0.39, 0.29) is 27.9 Å². The lowest BCUT2D eigenvalue weighted by Crippen LogP contribution is -2.27. The molecule has 0 N–H and O–H groups in total. The second-order valence-electron chi connectivity index (χ2n) is 6.28. The lowest BCUT2D eigenvalue weighted by atomic mass is 10.1. The van der Waals surface area contributed by atoms with Gasteiger partial charge in [-0.25, -0.2) is 13.2 Å². The zero-order chi connectivity index (χ0) is 21.2. The SMILES string of the molecule is COC(=O)c1ccc(Cl)c(S(=O)(=O)N(C)Cc2nc(-c3ccc(C)cc3)no2)c1. The Morgan fingerprint density at radius 2 is 1.90 bits per heavy atom. The number of sulfonamides is 1. The Labute approximate surface area is 173 Å².